The molecule has 1 fully saturated rings. The highest BCUT2D eigenvalue weighted by Crippen LogP contribution is 2.14. The van der Waals surface area contributed by atoms with Gasteiger partial charge < -0.3 is 10.2 Å². The lowest BCUT2D eigenvalue weighted by molar-refractivity contribution is 0.221. The number of hydrogen-bond donors (Lipinski definition) is 1. The van der Waals surface area contributed by atoms with Crippen LogP contribution in [0, 0.1) is 5.92 Å². The van der Waals surface area contributed by atoms with E-state index in [1.165, 1.54) is 52.1 Å². The highest BCUT2D eigenvalue weighted by atomic mass is 15.2. The lowest BCUT2D eigenvalue weighted by Crippen LogP contribution is -2.38. The smallest absolute Gasteiger partial charge is 0.0110 e. The molecule has 1 rings (SSSR count). The zero-order chi connectivity index (χ0) is 13.4. The Morgan fingerprint density at radius 3 is 2.61 bits per heavy atom. The average Bonchev–Trinajstić information content (AvgIpc) is 2.80. The Kier molecular flexibility index (Phi) is 7.87. The molecule has 0 aromatic rings. The maximum absolute atomic E-state index is 3.65. The van der Waals surface area contributed by atoms with Gasteiger partial charge in [0, 0.05) is 25.7 Å². The second-order valence-electron chi connectivity index (χ2n) is 5.88. The Balaban J connectivity index is 2.07. The van der Waals surface area contributed by atoms with E-state index < -0.39 is 0 Å². The summed E-state index contributed by atoms with van der Waals surface area (Å²) < 4.78 is 0. The van der Waals surface area contributed by atoms with Gasteiger partial charge in [-0.3, -0.25) is 4.90 Å². The molecule has 1 atom stereocenters. The van der Waals surface area contributed by atoms with Crippen LogP contribution < -0.4 is 5.32 Å². The molecule has 3 heteroatoms. The molecule has 0 aromatic carbocycles. The molecule has 0 aliphatic carbocycles. The molecule has 1 N–H and O–H groups in total. The lowest BCUT2D eigenvalue weighted by Gasteiger charge is -2.26. The summed E-state index contributed by atoms with van der Waals surface area (Å²) in [5, 5.41) is 3.65. The molecule has 1 aliphatic rings. The maximum atomic E-state index is 3.65. The van der Waals surface area contributed by atoms with Crippen LogP contribution in [0.2, 0.25) is 0 Å². The van der Waals surface area contributed by atoms with Crippen LogP contribution in [-0.2, 0) is 0 Å². The summed E-state index contributed by atoms with van der Waals surface area (Å²) >= 11 is 0. The van der Waals surface area contributed by atoms with Crippen molar-refractivity contribution in [3.8, 4) is 0 Å². The zero-order valence-corrected chi connectivity index (χ0v) is 12.9. The van der Waals surface area contributed by atoms with Gasteiger partial charge >= 0.3 is 0 Å². The first-order chi connectivity index (χ1) is 8.67. The van der Waals surface area contributed by atoms with Gasteiger partial charge in [-0.25, -0.2) is 0 Å². The van der Waals surface area contributed by atoms with Crippen LogP contribution in [0.25, 0.3) is 0 Å². The second kappa shape index (κ2) is 8.89. The van der Waals surface area contributed by atoms with Crippen LogP contribution in [0.5, 0.6) is 0 Å². The molecule has 0 spiro atoms. The minimum absolute atomic E-state index is 0.675. The van der Waals surface area contributed by atoms with Crippen LogP contribution in [0.4, 0.5) is 0 Å². The molecule has 0 radical (unpaired) electrons. The third-order valence-electron chi connectivity index (χ3n) is 4.07. The van der Waals surface area contributed by atoms with E-state index >= 15 is 0 Å². The topological polar surface area (TPSA) is 18.5 Å². The summed E-state index contributed by atoms with van der Waals surface area (Å²) in [6.07, 6.45) is 2.63. The van der Waals surface area contributed by atoms with Crippen molar-refractivity contribution in [3.05, 3.63) is 0 Å². The van der Waals surface area contributed by atoms with Crippen molar-refractivity contribution < 1.29 is 0 Å². The fourth-order valence-electron chi connectivity index (χ4n) is 2.81. The van der Waals surface area contributed by atoms with Crippen molar-refractivity contribution in [2.24, 2.45) is 5.92 Å². The highest BCUT2D eigenvalue weighted by Gasteiger charge is 2.20. The van der Waals surface area contributed by atoms with E-state index in [0.29, 0.717) is 6.04 Å². The van der Waals surface area contributed by atoms with E-state index in [1.54, 1.807) is 0 Å². The van der Waals surface area contributed by atoms with E-state index in [1.807, 2.05) is 0 Å². The quantitative estimate of drug-likeness (QED) is 0.636. The van der Waals surface area contributed by atoms with Crippen LogP contribution in [0.3, 0.4) is 0 Å². The Morgan fingerprint density at radius 2 is 2.06 bits per heavy atom. The normalized spacial score (nSPS) is 21.3. The van der Waals surface area contributed by atoms with Crippen LogP contribution in [0.15, 0.2) is 0 Å². The van der Waals surface area contributed by atoms with E-state index in [2.05, 4.69) is 42.8 Å². The third-order valence-corrected chi connectivity index (χ3v) is 4.07. The van der Waals surface area contributed by atoms with Crippen molar-refractivity contribution in [2.45, 2.75) is 46.6 Å². The SMILES string of the molecule is CCCN(CCNCC1CCN(CC)C1)C(C)C. The van der Waals surface area contributed by atoms with Gasteiger partial charge in [0.05, 0.1) is 0 Å². The van der Waals surface area contributed by atoms with Crippen LogP contribution in [0.1, 0.15) is 40.5 Å². The summed E-state index contributed by atoms with van der Waals surface area (Å²) in [4.78, 5) is 5.13. The van der Waals surface area contributed by atoms with Crippen molar-refractivity contribution in [3.63, 3.8) is 0 Å². The molecule has 0 bridgehead atoms. The van der Waals surface area contributed by atoms with Crippen molar-refractivity contribution >= 4 is 0 Å². The fraction of sp³-hybridized carbons (Fsp3) is 1.00. The van der Waals surface area contributed by atoms with E-state index in [4.69, 9.17) is 0 Å². The molecule has 1 aliphatic heterocycles. The van der Waals surface area contributed by atoms with Gasteiger partial charge in [0.25, 0.3) is 0 Å². The summed E-state index contributed by atoms with van der Waals surface area (Å²) in [6, 6.07) is 0.675. The van der Waals surface area contributed by atoms with Crippen LogP contribution >= 0.6 is 0 Å². The third kappa shape index (κ3) is 5.68. The summed E-state index contributed by atoms with van der Waals surface area (Å²) in [7, 11) is 0. The van der Waals surface area contributed by atoms with Gasteiger partial charge in [0.15, 0.2) is 0 Å². The number of rotatable bonds is 9. The standard InChI is InChI=1S/C15H33N3/c1-5-9-18(14(3)4)11-8-16-12-15-7-10-17(6-2)13-15/h14-16H,5-13H2,1-4H3. The monoisotopic (exact) mass is 255 g/mol. The molecular formula is C15H33N3. The lowest BCUT2D eigenvalue weighted by atomic mass is 10.1. The Hall–Kier alpha value is -0.120. The van der Waals surface area contributed by atoms with Crippen molar-refractivity contribution in [1.82, 2.24) is 15.1 Å². The molecular weight excluding hydrogens is 222 g/mol. The molecule has 3 nitrogen and oxygen atoms in total. The predicted octanol–water partition coefficient (Wildman–Crippen LogP) is 2.04. The van der Waals surface area contributed by atoms with Gasteiger partial charge in [-0.05, 0) is 58.8 Å². The molecule has 0 saturated carbocycles. The summed E-state index contributed by atoms with van der Waals surface area (Å²) in [5.41, 5.74) is 0. The van der Waals surface area contributed by atoms with Gasteiger partial charge in [0.1, 0.15) is 0 Å². The minimum atomic E-state index is 0.675. The molecule has 1 heterocycles. The van der Waals surface area contributed by atoms with E-state index in [0.717, 1.165) is 12.5 Å². The van der Waals surface area contributed by atoms with Crippen LogP contribution in [-0.4, -0.2) is 61.7 Å². The maximum Gasteiger partial charge on any atom is 0.0110 e. The molecule has 1 unspecified atom stereocenters. The zero-order valence-electron chi connectivity index (χ0n) is 12.9. The minimum Gasteiger partial charge on any atom is -0.315 e. The second-order valence-corrected chi connectivity index (χ2v) is 5.88. The molecule has 18 heavy (non-hydrogen) atoms. The fourth-order valence-corrected chi connectivity index (χ4v) is 2.81. The summed E-state index contributed by atoms with van der Waals surface area (Å²) in [6.45, 7) is 17.7. The van der Waals surface area contributed by atoms with E-state index in [-0.39, 0.29) is 0 Å². The molecule has 108 valence electrons. The van der Waals surface area contributed by atoms with Crippen molar-refractivity contribution in [2.75, 3.05) is 45.8 Å². The predicted molar refractivity (Wildman–Crippen MR) is 80.1 cm³/mol. The number of hydrogen-bond acceptors (Lipinski definition) is 3. The molecule has 0 amide bonds. The van der Waals surface area contributed by atoms with E-state index in [9.17, 15) is 0 Å². The largest absolute Gasteiger partial charge is 0.315 e. The van der Waals surface area contributed by atoms with Gasteiger partial charge in [-0.15, -0.1) is 0 Å². The molecule has 0 aromatic heterocycles. The van der Waals surface area contributed by atoms with Gasteiger partial charge in [-0.1, -0.05) is 13.8 Å². The van der Waals surface area contributed by atoms with Crippen molar-refractivity contribution in [1.29, 1.82) is 0 Å². The first-order valence-corrected chi connectivity index (χ1v) is 7.84. The van der Waals surface area contributed by atoms with Gasteiger partial charge in [0.2, 0.25) is 0 Å². The summed E-state index contributed by atoms with van der Waals surface area (Å²) in [5.74, 6) is 0.878. The average molecular weight is 255 g/mol. The highest BCUT2D eigenvalue weighted by molar-refractivity contribution is 4.76. The Labute approximate surface area is 114 Å². The first-order valence-electron chi connectivity index (χ1n) is 7.84. The Bertz CT molecular complexity index is 206. The van der Waals surface area contributed by atoms with Gasteiger partial charge in [-0.2, -0.15) is 0 Å². The first kappa shape index (κ1) is 15.9. The Morgan fingerprint density at radius 1 is 1.28 bits per heavy atom. The number of nitrogens with one attached hydrogen (secondary N) is 1. The molecule has 1 saturated heterocycles. The number of nitrogens with zero attached hydrogens (tertiary/aromatic N) is 2. The number of likely N-dealkylation sites (tertiary alicyclic amines) is 1.